The van der Waals surface area contributed by atoms with Crippen LogP contribution in [0.1, 0.15) is 39.9 Å². The predicted octanol–water partition coefficient (Wildman–Crippen LogP) is 4.48. The number of nitrogens with one attached hydrogen (secondary N) is 1. The van der Waals surface area contributed by atoms with Crippen LogP contribution < -0.4 is 10.2 Å². The van der Waals surface area contributed by atoms with Crippen LogP contribution in [0, 0.1) is 20.8 Å². The van der Waals surface area contributed by atoms with Gasteiger partial charge in [0.05, 0.1) is 6.10 Å². The molecule has 0 aromatic heterocycles. The zero-order valence-electron chi connectivity index (χ0n) is 16.1. The Morgan fingerprint density at radius 1 is 1.04 bits per heavy atom. The van der Waals surface area contributed by atoms with Crippen LogP contribution in [0.5, 0.6) is 0 Å². The van der Waals surface area contributed by atoms with Gasteiger partial charge in [-0.3, -0.25) is 4.79 Å². The number of hydrogen-bond donors (Lipinski definition) is 1. The van der Waals surface area contributed by atoms with Gasteiger partial charge in [0, 0.05) is 37.1 Å². The molecule has 1 saturated heterocycles. The molecule has 1 amide bonds. The average Bonchev–Trinajstić information content (AvgIpc) is 2.61. The number of piperidine rings is 1. The van der Waals surface area contributed by atoms with E-state index in [9.17, 15) is 4.79 Å². The molecule has 2 aromatic rings. The van der Waals surface area contributed by atoms with Crippen molar-refractivity contribution in [1.82, 2.24) is 0 Å². The maximum Gasteiger partial charge on any atom is 0.256 e. The second-order valence-electron chi connectivity index (χ2n) is 7.20. The Morgan fingerprint density at radius 2 is 1.62 bits per heavy atom. The molecular weight excluding hydrogens is 324 g/mol. The first-order chi connectivity index (χ1) is 12.5. The molecule has 1 aliphatic heterocycles. The number of ether oxygens (including phenoxy) is 1. The van der Waals surface area contributed by atoms with E-state index in [-0.39, 0.29) is 5.91 Å². The lowest BCUT2D eigenvalue weighted by molar-refractivity contribution is 0.0819. The Balaban J connectivity index is 1.67. The van der Waals surface area contributed by atoms with Gasteiger partial charge in [-0.1, -0.05) is 17.7 Å². The second-order valence-corrected chi connectivity index (χ2v) is 7.20. The van der Waals surface area contributed by atoms with Crippen LogP contribution in [0.25, 0.3) is 0 Å². The third-order valence-electron chi connectivity index (χ3n) is 5.17. The fraction of sp³-hybridized carbons (Fsp3) is 0.409. The Kier molecular flexibility index (Phi) is 5.62. The third-order valence-corrected chi connectivity index (χ3v) is 5.17. The lowest BCUT2D eigenvalue weighted by atomic mass is 9.99. The van der Waals surface area contributed by atoms with Crippen LogP contribution in [-0.4, -0.2) is 32.2 Å². The molecule has 3 rings (SSSR count). The highest BCUT2D eigenvalue weighted by molar-refractivity contribution is 6.06. The summed E-state index contributed by atoms with van der Waals surface area (Å²) in [7, 11) is 1.79. The number of nitrogens with zero attached hydrogens (tertiary/aromatic N) is 1. The van der Waals surface area contributed by atoms with Crippen molar-refractivity contribution in [1.29, 1.82) is 0 Å². The Bertz CT molecular complexity index is 752. The van der Waals surface area contributed by atoms with Crippen LogP contribution in [-0.2, 0) is 4.74 Å². The predicted molar refractivity (Wildman–Crippen MR) is 107 cm³/mol. The summed E-state index contributed by atoms with van der Waals surface area (Å²) >= 11 is 0. The minimum atomic E-state index is -0.0475. The fourth-order valence-electron chi connectivity index (χ4n) is 3.84. The number of aryl methyl sites for hydroxylation is 3. The first-order valence-electron chi connectivity index (χ1n) is 9.25. The Hall–Kier alpha value is -2.33. The summed E-state index contributed by atoms with van der Waals surface area (Å²) in [5.74, 6) is -0.0475. The van der Waals surface area contributed by atoms with Crippen molar-refractivity contribution in [2.24, 2.45) is 0 Å². The number of benzene rings is 2. The lowest BCUT2D eigenvalue weighted by Gasteiger charge is -2.33. The summed E-state index contributed by atoms with van der Waals surface area (Å²) in [6.07, 6.45) is 2.49. The summed E-state index contributed by atoms with van der Waals surface area (Å²) in [6, 6.07) is 12.2. The van der Waals surface area contributed by atoms with Gasteiger partial charge in [0.25, 0.3) is 5.91 Å². The number of hydrogen-bond acceptors (Lipinski definition) is 3. The molecule has 0 radical (unpaired) electrons. The molecule has 0 spiro atoms. The molecule has 0 saturated carbocycles. The molecule has 4 heteroatoms. The van der Waals surface area contributed by atoms with E-state index in [2.05, 4.69) is 41.4 Å². The minimum Gasteiger partial charge on any atom is -0.381 e. The molecular formula is C22H28N2O2. The van der Waals surface area contributed by atoms with Crippen molar-refractivity contribution >= 4 is 17.3 Å². The molecule has 1 heterocycles. The highest BCUT2D eigenvalue weighted by Crippen LogP contribution is 2.24. The van der Waals surface area contributed by atoms with E-state index in [0.29, 0.717) is 6.10 Å². The summed E-state index contributed by atoms with van der Waals surface area (Å²) < 4.78 is 5.43. The molecule has 0 aliphatic carbocycles. The molecule has 26 heavy (non-hydrogen) atoms. The van der Waals surface area contributed by atoms with Crippen molar-refractivity contribution in [3.05, 3.63) is 58.7 Å². The summed E-state index contributed by atoms with van der Waals surface area (Å²) in [6.45, 7) is 8.04. The third kappa shape index (κ3) is 4.07. The van der Waals surface area contributed by atoms with E-state index in [0.717, 1.165) is 48.3 Å². The Labute approximate surface area is 156 Å². The molecule has 0 unspecified atom stereocenters. The van der Waals surface area contributed by atoms with Crippen LogP contribution in [0.15, 0.2) is 36.4 Å². The minimum absolute atomic E-state index is 0.0475. The summed E-state index contributed by atoms with van der Waals surface area (Å²) in [5.41, 5.74) is 5.99. The van der Waals surface area contributed by atoms with Crippen LogP contribution in [0.2, 0.25) is 0 Å². The van der Waals surface area contributed by atoms with Crippen LogP contribution in [0.4, 0.5) is 11.4 Å². The molecule has 0 bridgehead atoms. The monoisotopic (exact) mass is 352 g/mol. The van der Waals surface area contributed by atoms with E-state index in [1.807, 2.05) is 26.0 Å². The van der Waals surface area contributed by atoms with Gasteiger partial charge >= 0.3 is 0 Å². The number of methoxy groups -OCH3 is 1. The van der Waals surface area contributed by atoms with E-state index in [1.165, 1.54) is 11.3 Å². The molecule has 138 valence electrons. The van der Waals surface area contributed by atoms with Crippen LogP contribution in [0.3, 0.4) is 0 Å². The number of rotatable bonds is 4. The van der Waals surface area contributed by atoms with Gasteiger partial charge in [-0.25, -0.2) is 0 Å². The van der Waals surface area contributed by atoms with Gasteiger partial charge in [0.1, 0.15) is 0 Å². The maximum absolute atomic E-state index is 12.7. The number of carbonyl (C=O) groups is 1. The number of anilines is 2. The van der Waals surface area contributed by atoms with Gasteiger partial charge in [0.15, 0.2) is 0 Å². The molecule has 1 fully saturated rings. The van der Waals surface area contributed by atoms with E-state index in [1.54, 1.807) is 7.11 Å². The van der Waals surface area contributed by atoms with Gasteiger partial charge in [-0.2, -0.15) is 0 Å². The zero-order chi connectivity index (χ0) is 18.7. The highest BCUT2D eigenvalue weighted by atomic mass is 16.5. The molecule has 1 N–H and O–H groups in total. The first kappa shape index (κ1) is 18.5. The van der Waals surface area contributed by atoms with Crippen LogP contribution >= 0.6 is 0 Å². The standard InChI is InChI=1S/C22H28N2O2/c1-15-13-16(2)21(17(3)14-15)22(25)23-18-5-7-19(8-6-18)24-11-9-20(26-4)10-12-24/h5-8,13-14,20H,9-12H2,1-4H3,(H,23,25). The van der Waals surface area contributed by atoms with Gasteiger partial charge in [0.2, 0.25) is 0 Å². The molecule has 0 atom stereocenters. The fourth-order valence-corrected chi connectivity index (χ4v) is 3.84. The number of carbonyl (C=O) groups excluding carboxylic acids is 1. The van der Waals surface area contributed by atoms with Crippen molar-refractivity contribution in [3.8, 4) is 0 Å². The van der Waals surface area contributed by atoms with Gasteiger partial charge < -0.3 is 15.0 Å². The largest absolute Gasteiger partial charge is 0.381 e. The van der Waals surface area contributed by atoms with Crippen molar-refractivity contribution in [3.63, 3.8) is 0 Å². The average molecular weight is 352 g/mol. The lowest BCUT2D eigenvalue weighted by Crippen LogP contribution is -2.36. The quantitative estimate of drug-likeness (QED) is 0.882. The highest BCUT2D eigenvalue weighted by Gasteiger charge is 2.19. The van der Waals surface area contributed by atoms with Gasteiger partial charge in [-0.05, 0) is 69.0 Å². The SMILES string of the molecule is COC1CCN(c2ccc(NC(=O)c3c(C)cc(C)cc3C)cc2)CC1. The molecule has 4 nitrogen and oxygen atoms in total. The van der Waals surface area contributed by atoms with Crippen molar-refractivity contribution in [2.45, 2.75) is 39.7 Å². The van der Waals surface area contributed by atoms with E-state index >= 15 is 0 Å². The maximum atomic E-state index is 12.7. The Morgan fingerprint density at radius 3 is 2.15 bits per heavy atom. The summed E-state index contributed by atoms with van der Waals surface area (Å²) in [4.78, 5) is 15.1. The summed E-state index contributed by atoms with van der Waals surface area (Å²) in [5, 5.41) is 3.03. The molecule has 2 aromatic carbocycles. The normalized spacial score (nSPS) is 15.2. The number of amides is 1. The topological polar surface area (TPSA) is 41.6 Å². The first-order valence-corrected chi connectivity index (χ1v) is 9.25. The van der Waals surface area contributed by atoms with E-state index in [4.69, 9.17) is 4.74 Å². The van der Waals surface area contributed by atoms with E-state index < -0.39 is 0 Å². The van der Waals surface area contributed by atoms with Crippen molar-refractivity contribution < 1.29 is 9.53 Å². The van der Waals surface area contributed by atoms with Crippen molar-refractivity contribution in [2.75, 3.05) is 30.4 Å². The molecule has 1 aliphatic rings. The zero-order valence-corrected chi connectivity index (χ0v) is 16.1. The smallest absolute Gasteiger partial charge is 0.256 e. The van der Waals surface area contributed by atoms with Gasteiger partial charge in [-0.15, -0.1) is 0 Å². The second kappa shape index (κ2) is 7.92.